The molecule has 2 N–H and O–H groups in total. The molecule has 0 aromatic heterocycles. The molecule has 4 rings (SSSR count). The summed E-state index contributed by atoms with van der Waals surface area (Å²) in [6.07, 6.45) is -0.832. The first-order chi connectivity index (χ1) is 15.9. The Hall–Kier alpha value is -3.10. The summed E-state index contributed by atoms with van der Waals surface area (Å²) in [6.45, 7) is 3.19. The third-order valence-corrected chi connectivity index (χ3v) is 7.05. The Kier molecular flexibility index (Phi) is 6.85. The van der Waals surface area contributed by atoms with Crippen molar-refractivity contribution in [1.82, 2.24) is 4.90 Å². The van der Waals surface area contributed by atoms with Crippen LogP contribution in [0, 0.1) is 0 Å². The number of thioether (sulfide) groups is 1. The summed E-state index contributed by atoms with van der Waals surface area (Å²) in [5, 5.41) is -0.342. The third kappa shape index (κ3) is 4.54. The van der Waals surface area contributed by atoms with E-state index in [4.69, 9.17) is 15.2 Å². The van der Waals surface area contributed by atoms with Crippen LogP contribution in [0.4, 0.5) is 0 Å². The fraction of sp³-hybridized carbons (Fsp3) is 0.320. The predicted octanol–water partition coefficient (Wildman–Crippen LogP) is 3.16. The smallest absolute Gasteiger partial charge is 0.356 e. The fourth-order valence-electron chi connectivity index (χ4n) is 4.12. The van der Waals surface area contributed by atoms with Gasteiger partial charge in [-0.3, -0.25) is 14.5 Å². The first-order valence-corrected chi connectivity index (χ1v) is 11.9. The van der Waals surface area contributed by atoms with Gasteiger partial charge in [0.25, 0.3) is 0 Å². The first kappa shape index (κ1) is 23.1. The zero-order valence-corrected chi connectivity index (χ0v) is 19.3. The molecular formula is C25H26N2O5S. The molecule has 33 heavy (non-hydrogen) atoms. The van der Waals surface area contributed by atoms with Gasteiger partial charge in [-0.15, -0.1) is 11.8 Å². The largest absolute Gasteiger partial charge is 0.458 e. The number of ether oxygens (including phenoxy) is 2. The summed E-state index contributed by atoms with van der Waals surface area (Å²) in [5.41, 5.74) is 8.30. The second-order valence-corrected chi connectivity index (χ2v) is 9.03. The molecule has 1 fully saturated rings. The van der Waals surface area contributed by atoms with E-state index in [1.165, 1.54) is 23.6 Å². The Morgan fingerprint density at radius 3 is 2.15 bits per heavy atom. The van der Waals surface area contributed by atoms with E-state index in [1.54, 1.807) is 0 Å². The number of fused-ring (bicyclic) bond motifs is 1. The molecule has 2 aromatic rings. The molecule has 0 aliphatic carbocycles. The van der Waals surface area contributed by atoms with Crippen LogP contribution < -0.4 is 5.73 Å². The van der Waals surface area contributed by atoms with Gasteiger partial charge < -0.3 is 15.2 Å². The number of carbonyl (C=O) groups excluding carboxylic acids is 3. The van der Waals surface area contributed by atoms with Crippen molar-refractivity contribution in [2.45, 2.75) is 43.9 Å². The van der Waals surface area contributed by atoms with Gasteiger partial charge in [-0.2, -0.15) is 0 Å². The van der Waals surface area contributed by atoms with Gasteiger partial charge in [0, 0.05) is 18.2 Å². The van der Waals surface area contributed by atoms with E-state index in [2.05, 4.69) is 0 Å². The van der Waals surface area contributed by atoms with Crippen molar-refractivity contribution in [2.75, 3.05) is 5.75 Å². The molecule has 3 atom stereocenters. The lowest BCUT2D eigenvalue weighted by molar-refractivity contribution is -0.153. The number of nitrogens with zero attached hydrogens (tertiary/aromatic N) is 1. The van der Waals surface area contributed by atoms with Gasteiger partial charge in [0.05, 0.1) is 0 Å². The summed E-state index contributed by atoms with van der Waals surface area (Å²) in [6, 6.07) is 18.2. The Morgan fingerprint density at radius 2 is 1.64 bits per heavy atom. The Balaban J connectivity index is 1.74. The second kappa shape index (κ2) is 9.80. The van der Waals surface area contributed by atoms with Crippen LogP contribution in [-0.4, -0.2) is 46.0 Å². The minimum absolute atomic E-state index is 0.135. The third-order valence-electron chi connectivity index (χ3n) is 5.73. The maximum Gasteiger partial charge on any atom is 0.356 e. The van der Waals surface area contributed by atoms with Crippen molar-refractivity contribution < 1.29 is 23.9 Å². The van der Waals surface area contributed by atoms with Crippen LogP contribution in [-0.2, 0) is 23.9 Å². The SMILES string of the molecule is CCC(OC(C)=O)C1=C(C(=O)OC(c2ccccc2)c2ccccc2)N2C(=O)[C@H](N)[C@H]2SC1. The summed E-state index contributed by atoms with van der Waals surface area (Å²) in [4.78, 5) is 39.4. The van der Waals surface area contributed by atoms with Crippen LogP contribution >= 0.6 is 11.8 Å². The number of hydrogen-bond donors (Lipinski definition) is 1. The standard InChI is InChI=1S/C25H26N2O5S/c1-3-19(31-15(2)28)18-14-33-24-20(26)23(29)27(24)21(18)25(30)32-22(16-10-6-4-7-11-16)17-12-8-5-9-13-17/h4-13,19-20,22,24H,3,14,26H2,1-2H3/t19?,20-,24+/m0/s1. The lowest BCUT2D eigenvalue weighted by Gasteiger charge is -2.49. The zero-order chi connectivity index (χ0) is 23.5. The maximum atomic E-state index is 13.6. The highest BCUT2D eigenvalue weighted by molar-refractivity contribution is 8.00. The first-order valence-electron chi connectivity index (χ1n) is 10.8. The number of carbonyl (C=O) groups is 3. The van der Waals surface area contributed by atoms with Crippen molar-refractivity contribution in [2.24, 2.45) is 5.73 Å². The highest BCUT2D eigenvalue weighted by atomic mass is 32.2. The van der Waals surface area contributed by atoms with E-state index in [0.717, 1.165) is 11.1 Å². The average molecular weight is 467 g/mol. The number of nitrogens with two attached hydrogens (primary N) is 1. The van der Waals surface area contributed by atoms with Crippen molar-refractivity contribution in [3.8, 4) is 0 Å². The molecule has 0 saturated carbocycles. The summed E-state index contributed by atoms with van der Waals surface area (Å²) < 4.78 is 11.5. The number of β-lactam (4-membered cyclic amide) rings is 1. The predicted molar refractivity (Wildman–Crippen MR) is 125 cm³/mol. The van der Waals surface area contributed by atoms with E-state index >= 15 is 0 Å². The Bertz CT molecular complexity index is 1030. The number of esters is 2. The van der Waals surface area contributed by atoms with Gasteiger partial charge in [-0.1, -0.05) is 67.6 Å². The molecule has 1 unspecified atom stereocenters. The lowest BCUT2D eigenvalue weighted by atomic mass is 9.99. The molecule has 8 heteroatoms. The number of rotatable bonds is 7. The van der Waals surface area contributed by atoms with Gasteiger partial charge in [0.2, 0.25) is 5.91 Å². The molecule has 1 saturated heterocycles. The van der Waals surface area contributed by atoms with Crippen LogP contribution in [0.25, 0.3) is 0 Å². The van der Waals surface area contributed by atoms with Crippen LogP contribution in [0.1, 0.15) is 37.5 Å². The van der Waals surface area contributed by atoms with E-state index in [0.29, 0.717) is 17.7 Å². The highest BCUT2D eigenvalue weighted by Crippen LogP contribution is 2.42. The molecule has 2 heterocycles. The average Bonchev–Trinajstić information content (AvgIpc) is 2.85. The van der Waals surface area contributed by atoms with Crippen LogP contribution in [0.2, 0.25) is 0 Å². The normalized spacial score (nSPS) is 20.7. The molecule has 1 amide bonds. The van der Waals surface area contributed by atoms with E-state index in [1.807, 2.05) is 67.6 Å². The van der Waals surface area contributed by atoms with Crippen molar-refractivity contribution >= 4 is 29.6 Å². The monoisotopic (exact) mass is 466 g/mol. The molecule has 2 aromatic carbocycles. The number of amides is 1. The minimum atomic E-state index is -0.674. The second-order valence-electron chi connectivity index (χ2n) is 7.92. The van der Waals surface area contributed by atoms with E-state index < -0.39 is 30.2 Å². The fourth-order valence-corrected chi connectivity index (χ4v) is 5.48. The number of benzene rings is 2. The molecule has 172 valence electrons. The minimum Gasteiger partial charge on any atom is -0.458 e. The Morgan fingerprint density at radius 1 is 1.06 bits per heavy atom. The summed E-state index contributed by atoms with van der Waals surface area (Å²) >= 11 is 1.46. The molecule has 2 aliphatic heterocycles. The molecule has 0 bridgehead atoms. The molecule has 7 nitrogen and oxygen atoms in total. The van der Waals surface area contributed by atoms with Crippen molar-refractivity contribution in [3.05, 3.63) is 83.1 Å². The van der Waals surface area contributed by atoms with Crippen LogP contribution in [0.3, 0.4) is 0 Å². The lowest BCUT2D eigenvalue weighted by Crippen LogP contribution is -2.68. The van der Waals surface area contributed by atoms with Gasteiger partial charge >= 0.3 is 11.9 Å². The summed E-state index contributed by atoms with van der Waals surface area (Å²) in [7, 11) is 0. The van der Waals surface area contributed by atoms with Crippen LogP contribution in [0.15, 0.2) is 71.9 Å². The molecular weight excluding hydrogens is 440 g/mol. The topological polar surface area (TPSA) is 98.9 Å². The Labute approximate surface area is 196 Å². The quantitative estimate of drug-likeness (QED) is 0.494. The maximum absolute atomic E-state index is 13.6. The number of hydrogen-bond acceptors (Lipinski definition) is 7. The highest BCUT2D eigenvalue weighted by Gasteiger charge is 2.53. The van der Waals surface area contributed by atoms with Gasteiger partial charge in [0.15, 0.2) is 6.10 Å². The molecule has 0 radical (unpaired) electrons. The van der Waals surface area contributed by atoms with Crippen molar-refractivity contribution in [3.63, 3.8) is 0 Å². The molecule has 0 spiro atoms. The van der Waals surface area contributed by atoms with Gasteiger partial charge in [0.1, 0.15) is 23.2 Å². The van der Waals surface area contributed by atoms with Crippen molar-refractivity contribution in [1.29, 1.82) is 0 Å². The molecule has 2 aliphatic rings. The summed E-state index contributed by atoms with van der Waals surface area (Å²) in [5.74, 6) is -1.02. The zero-order valence-electron chi connectivity index (χ0n) is 18.5. The van der Waals surface area contributed by atoms with E-state index in [9.17, 15) is 14.4 Å². The van der Waals surface area contributed by atoms with Crippen LogP contribution in [0.5, 0.6) is 0 Å². The van der Waals surface area contributed by atoms with E-state index in [-0.39, 0.29) is 17.0 Å². The van der Waals surface area contributed by atoms with Gasteiger partial charge in [-0.05, 0) is 17.5 Å². The van der Waals surface area contributed by atoms with Gasteiger partial charge in [-0.25, -0.2) is 4.79 Å².